The number of benzene rings is 1. The summed E-state index contributed by atoms with van der Waals surface area (Å²) in [5.41, 5.74) is -0.516. The zero-order chi connectivity index (χ0) is 19.2. The van der Waals surface area contributed by atoms with Gasteiger partial charge in [0.25, 0.3) is 5.91 Å². The van der Waals surface area contributed by atoms with Crippen LogP contribution < -0.4 is 5.32 Å². The fourth-order valence-corrected chi connectivity index (χ4v) is 3.09. The number of hydrogen-bond donors (Lipinski definition) is 1. The van der Waals surface area contributed by atoms with Gasteiger partial charge in [-0.3, -0.25) is 9.69 Å². The van der Waals surface area contributed by atoms with Gasteiger partial charge in [0.15, 0.2) is 5.54 Å². The van der Waals surface area contributed by atoms with Gasteiger partial charge in [0.05, 0.1) is 12.2 Å². The summed E-state index contributed by atoms with van der Waals surface area (Å²) in [4.78, 5) is 26.3. The topological polar surface area (TPSA) is 80.4 Å². The van der Waals surface area contributed by atoms with Gasteiger partial charge in [-0.25, -0.2) is 13.9 Å². The average Bonchev–Trinajstić information content (AvgIpc) is 3.32. The summed E-state index contributed by atoms with van der Waals surface area (Å²) in [6, 6.07) is 10.7. The second-order valence-electron chi connectivity index (χ2n) is 6.56. The van der Waals surface area contributed by atoms with Gasteiger partial charge in [-0.15, -0.1) is 0 Å². The molecule has 0 radical (unpaired) electrons. The van der Waals surface area contributed by atoms with Crippen molar-refractivity contribution in [2.45, 2.75) is 25.9 Å². The number of nitrogens with one attached hydrogen (secondary N) is 1. The van der Waals surface area contributed by atoms with Crippen molar-refractivity contribution in [1.29, 1.82) is 0 Å². The molecule has 1 aromatic carbocycles. The Morgan fingerprint density at radius 3 is 2.67 bits per heavy atom. The third kappa shape index (κ3) is 2.79. The normalized spacial score (nSPS) is 19.6. The minimum absolute atomic E-state index is 0.0264. The molecule has 3 amide bonds. The number of furan rings is 1. The van der Waals surface area contributed by atoms with Crippen LogP contribution in [-0.4, -0.2) is 26.6 Å². The highest BCUT2D eigenvalue weighted by Gasteiger charge is 2.51. The number of nitrogens with zero attached hydrogens (tertiary/aromatic N) is 3. The van der Waals surface area contributed by atoms with Gasteiger partial charge in [0.2, 0.25) is 0 Å². The van der Waals surface area contributed by atoms with E-state index in [1.54, 1.807) is 56.4 Å². The van der Waals surface area contributed by atoms with Crippen LogP contribution in [0.4, 0.5) is 9.18 Å². The quantitative estimate of drug-likeness (QED) is 0.718. The van der Waals surface area contributed by atoms with E-state index in [-0.39, 0.29) is 12.2 Å². The fourth-order valence-electron chi connectivity index (χ4n) is 3.09. The number of aryl methyl sites for hydroxylation is 1. The predicted molar refractivity (Wildman–Crippen MR) is 93.4 cm³/mol. The summed E-state index contributed by atoms with van der Waals surface area (Å²) in [6.07, 6.45) is 1.58. The molecule has 7 nitrogen and oxygen atoms in total. The Morgan fingerprint density at radius 2 is 1.96 bits per heavy atom. The summed E-state index contributed by atoms with van der Waals surface area (Å²) in [6.45, 7) is 3.34. The standard InChI is InChI=1S/C19H17FN4O3/c1-12-7-8-16(27-12)19(2)17(25)23(18(26)21-19)11-13-9-10-24(22-13)15-6-4-3-5-14(15)20/h3-10H,11H2,1-2H3,(H,21,26). The van der Waals surface area contributed by atoms with Crippen LogP contribution in [0.2, 0.25) is 0 Å². The first-order chi connectivity index (χ1) is 12.9. The molecular weight excluding hydrogens is 351 g/mol. The summed E-state index contributed by atoms with van der Waals surface area (Å²) in [7, 11) is 0. The molecule has 1 aliphatic heterocycles. The number of urea groups is 1. The molecule has 1 N–H and O–H groups in total. The third-order valence-electron chi connectivity index (χ3n) is 4.57. The Kier molecular flexibility index (Phi) is 3.83. The van der Waals surface area contributed by atoms with Crippen molar-refractivity contribution in [2.75, 3.05) is 0 Å². The van der Waals surface area contributed by atoms with Gasteiger partial charge in [-0.2, -0.15) is 5.10 Å². The van der Waals surface area contributed by atoms with E-state index in [4.69, 9.17) is 4.42 Å². The lowest BCUT2D eigenvalue weighted by molar-refractivity contribution is -0.132. The van der Waals surface area contributed by atoms with E-state index in [9.17, 15) is 14.0 Å². The molecule has 3 heterocycles. The van der Waals surface area contributed by atoms with E-state index >= 15 is 0 Å². The molecular formula is C19H17FN4O3. The highest BCUT2D eigenvalue weighted by Crippen LogP contribution is 2.30. The minimum Gasteiger partial charge on any atom is -0.463 e. The highest BCUT2D eigenvalue weighted by molar-refractivity contribution is 6.06. The van der Waals surface area contributed by atoms with Gasteiger partial charge in [0.1, 0.15) is 23.0 Å². The number of carbonyl (C=O) groups excluding carboxylic acids is 2. The molecule has 1 fully saturated rings. The molecule has 3 aromatic rings. The first-order valence-corrected chi connectivity index (χ1v) is 8.39. The lowest BCUT2D eigenvalue weighted by Gasteiger charge is -2.18. The number of rotatable bonds is 4. The van der Waals surface area contributed by atoms with Gasteiger partial charge >= 0.3 is 6.03 Å². The average molecular weight is 368 g/mol. The third-order valence-corrected chi connectivity index (χ3v) is 4.57. The Labute approximate surface area is 154 Å². The monoisotopic (exact) mass is 368 g/mol. The van der Waals surface area contributed by atoms with E-state index < -0.39 is 23.3 Å². The molecule has 1 saturated heterocycles. The number of imide groups is 1. The molecule has 138 valence electrons. The first kappa shape index (κ1) is 17.0. The van der Waals surface area contributed by atoms with Crippen LogP contribution in [0, 0.1) is 12.7 Å². The molecule has 1 unspecified atom stereocenters. The van der Waals surface area contributed by atoms with Crippen molar-refractivity contribution in [3.05, 3.63) is 71.7 Å². The van der Waals surface area contributed by atoms with Crippen molar-refractivity contribution < 1.29 is 18.4 Å². The molecule has 0 aliphatic carbocycles. The van der Waals surface area contributed by atoms with Gasteiger partial charge in [-0.05, 0) is 44.2 Å². The zero-order valence-corrected chi connectivity index (χ0v) is 14.8. The summed E-state index contributed by atoms with van der Waals surface area (Å²) < 4.78 is 20.8. The van der Waals surface area contributed by atoms with Crippen LogP contribution in [0.5, 0.6) is 0 Å². The summed E-state index contributed by atoms with van der Waals surface area (Å²) >= 11 is 0. The van der Waals surface area contributed by atoms with E-state index in [0.717, 1.165) is 4.90 Å². The number of halogens is 1. The van der Waals surface area contributed by atoms with Crippen molar-refractivity contribution in [3.8, 4) is 5.69 Å². The fraction of sp³-hybridized carbons (Fsp3) is 0.211. The maximum Gasteiger partial charge on any atom is 0.325 e. The second kappa shape index (κ2) is 6.08. The Bertz CT molecular complexity index is 1040. The lowest BCUT2D eigenvalue weighted by atomic mass is 9.99. The van der Waals surface area contributed by atoms with Crippen LogP contribution in [0.15, 0.2) is 53.1 Å². The predicted octanol–water partition coefficient (Wildman–Crippen LogP) is 2.88. The second-order valence-corrected chi connectivity index (χ2v) is 6.56. The van der Waals surface area contributed by atoms with Crippen LogP contribution in [0.3, 0.4) is 0 Å². The lowest BCUT2D eigenvalue weighted by Crippen LogP contribution is -2.40. The Morgan fingerprint density at radius 1 is 1.19 bits per heavy atom. The van der Waals surface area contributed by atoms with E-state index in [1.807, 2.05) is 0 Å². The summed E-state index contributed by atoms with van der Waals surface area (Å²) in [5, 5.41) is 6.95. The minimum atomic E-state index is -1.26. The first-order valence-electron chi connectivity index (χ1n) is 8.39. The largest absolute Gasteiger partial charge is 0.463 e. The Hall–Kier alpha value is -3.42. The van der Waals surface area contributed by atoms with Crippen molar-refractivity contribution in [3.63, 3.8) is 0 Å². The number of hydrogen-bond acceptors (Lipinski definition) is 4. The maximum absolute atomic E-state index is 13.9. The van der Waals surface area contributed by atoms with Crippen molar-refractivity contribution in [1.82, 2.24) is 20.0 Å². The molecule has 0 bridgehead atoms. The van der Waals surface area contributed by atoms with Crippen LogP contribution in [-0.2, 0) is 16.9 Å². The molecule has 1 aliphatic rings. The van der Waals surface area contributed by atoms with Crippen LogP contribution >= 0.6 is 0 Å². The van der Waals surface area contributed by atoms with E-state index in [0.29, 0.717) is 17.2 Å². The van der Waals surface area contributed by atoms with E-state index in [2.05, 4.69) is 10.4 Å². The highest BCUT2D eigenvalue weighted by atomic mass is 19.1. The molecule has 4 rings (SSSR count). The van der Waals surface area contributed by atoms with Crippen LogP contribution in [0.1, 0.15) is 24.1 Å². The van der Waals surface area contributed by atoms with Crippen molar-refractivity contribution in [2.24, 2.45) is 0 Å². The maximum atomic E-state index is 13.9. The Balaban J connectivity index is 1.58. The molecule has 1 atom stereocenters. The van der Waals surface area contributed by atoms with E-state index in [1.165, 1.54) is 10.7 Å². The smallest absolute Gasteiger partial charge is 0.325 e. The van der Waals surface area contributed by atoms with Gasteiger partial charge in [0, 0.05) is 6.20 Å². The number of para-hydroxylation sites is 1. The molecule has 0 spiro atoms. The summed E-state index contributed by atoms with van der Waals surface area (Å²) in [5.74, 6) is 0.179. The molecule has 27 heavy (non-hydrogen) atoms. The van der Waals surface area contributed by atoms with Gasteiger partial charge in [-0.1, -0.05) is 12.1 Å². The molecule has 0 saturated carbocycles. The zero-order valence-electron chi connectivity index (χ0n) is 14.8. The van der Waals surface area contributed by atoms with Crippen LogP contribution in [0.25, 0.3) is 5.69 Å². The van der Waals surface area contributed by atoms with Crippen molar-refractivity contribution >= 4 is 11.9 Å². The SMILES string of the molecule is Cc1ccc(C2(C)NC(=O)N(Cc3ccn(-c4ccccc4F)n3)C2=O)o1. The molecule has 2 aromatic heterocycles. The number of carbonyl (C=O) groups is 2. The number of amides is 3. The number of aromatic nitrogens is 2. The molecule has 8 heteroatoms. The van der Waals surface area contributed by atoms with Gasteiger partial charge < -0.3 is 9.73 Å².